The van der Waals surface area contributed by atoms with Crippen molar-refractivity contribution in [3.8, 4) is 5.75 Å². The molecule has 1 heterocycles. The Balaban J connectivity index is 2.49. The molecule has 1 aromatic carbocycles. The van der Waals surface area contributed by atoms with Gasteiger partial charge in [-0.1, -0.05) is 11.6 Å². The Morgan fingerprint density at radius 2 is 2.36 bits per heavy atom. The number of fused-ring (bicyclic) bond motifs is 1. The molecule has 14 heavy (non-hydrogen) atoms. The van der Waals surface area contributed by atoms with Gasteiger partial charge < -0.3 is 10.1 Å². The SMILES string of the molecule is COc1ccc(Cl)c2c1CC[C@@H](S)N2. The zero-order valence-corrected chi connectivity index (χ0v) is 9.53. The predicted molar refractivity (Wildman–Crippen MR) is 62.7 cm³/mol. The average Bonchev–Trinajstić information content (AvgIpc) is 2.19. The van der Waals surface area contributed by atoms with Crippen LogP contribution in [0.4, 0.5) is 5.69 Å². The molecule has 2 nitrogen and oxygen atoms in total. The van der Waals surface area contributed by atoms with Crippen molar-refractivity contribution in [1.82, 2.24) is 0 Å². The van der Waals surface area contributed by atoms with Crippen molar-refractivity contribution in [3.05, 3.63) is 22.7 Å². The zero-order valence-electron chi connectivity index (χ0n) is 7.88. The Hall–Kier alpha value is -0.540. The minimum Gasteiger partial charge on any atom is -0.496 e. The highest BCUT2D eigenvalue weighted by Crippen LogP contribution is 2.38. The van der Waals surface area contributed by atoms with E-state index in [0.29, 0.717) is 0 Å². The Morgan fingerprint density at radius 3 is 3.07 bits per heavy atom. The Labute approximate surface area is 94.0 Å². The van der Waals surface area contributed by atoms with E-state index < -0.39 is 0 Å². The number of benzene rings is 1. The predicted octanol–water partition coefficient (Wildman–Crippen LogP) is 2.96. The van der Waals surface area contributed by atoms with E-state index in [1.54, 1.807) is 7.11 Å². The first-order valence-electron chi connectivity index (χ1n) is 4.52. The van der Waals surface area contributed by atoms with Crippen molar-refractivity contribution >= 4 is 29.9 Å². The summed E-state index contributed by atoms with van der Waals surface area (Å²) in [5.41, 5.74) is 2.13. The first kappa shape index (κ1) is 9.99. The minimum atomic E-state index is 0.187. The van der Waals surface area contributed by atoms with Gasteiger partial charge in [0.1, 0.15) is 5.75 Å². The summed E-state index contributed by atoms with van der Waals surface area (Å²) in [7, 11) is 1.68. The second-order valence-electron chi connectivity index (χ2n) is 3.30. The van der Waals surface area contributed by atoms with Gasteiger partial charge in [0.15, 0.2) is 0 Å². The van der Waals surface area contributed by atoms with Crippen LogP contribution in [0.3, 0.4) is 0 Å². The molecule has 0 spiro atoms. The van der Waals surface area contributed by atoms with Crippen LogP contribution < -0.4 is 10.1 Å². The number of ether oxygens (including phenoxy) is 1. The molecule has 1 N–H and O–H groups in total. The second-order valence-corrected chi connectivity index (χ2v) is 4.33. The van der Waals surface area contributed by atoms with Crippen molar-refractivity contribution in [1.29, 1.82) is 0 Å². The molecule has 1 aromatic rings. The Kier molecular flexibility index (Phi) is 2.79. The number of methoxy groups -OCH3 is 1. The molecule has 1 atom stereocenters. The van der Waals surface area contributed by atoms with Crippen LogP contribution >= 0.6 is 24.2 Å². The molecule has 4 heteroatoms. The molecule has 0 saturated heterocycles. The lowest BCUT2D eigenvalue weighted by Gasteiger charge is -2.25. The normalized spacial score (nSPS) is 19.8. The van der Waals surface area contributed by atoms with Gasteiger partial charge in [0, 0.05) is 5.56 Å². The lowest BCUT2D eigenvalue weighted by molar-refractivity contribution is 0.408. The van der Waals surface area contributed by atoms with Gasteiger partial charge in [0.25, 0.3) is 0 Å². The molecule has 0 fully saturated rings. The van der Waals surface area contributed by atoms with Gasteiger partial charge in [-0.05, 0) is 25.0 Å². The summed E-state index contributed by atoms with van der Waals surface area (Å²) in [6, 6.07) is 3.75. The number of hydrogen-bond acceptors (Lipinski definition) is 3. The first-order chi connectivity index (χ1) is 6.72. The highest BCUT2D eigenvalue weighted by Gasteiger charge is 2.20. The largest absolute Gasteiger partial charge is 0.496 e. The highest BCUT2D eigenvalue weighted by atomic mass is 35.5. The van der Waals surface area contributed by atoms with Gasteiger partial charge in [-0.2, -0.15) is 12.6 Å². The molecule has 1 aliphatic heterocycles. The summed E-state index contributed by atoms with van der Waals surface area (Å²) in [4.78, 5) is 0. The molecule has 0 aliphatic carbocycles. The maximum absolute atomic E-state index is 6.08. The van der Waals surface area contributed by atoms with Crippen LogP contribution in [0.5, 0.6) is 5.75 Å². The number of thiol groups is 1. The van der Waals surface area contributed by atoms with Gasteiger partial charge in [0.05, 0.1) is 23.2 Å². The fourth-order valence-electron chi connectivity index (χ4n) is 1.72. The summed E-state index contributed by atoms with van der Waals surface area (Å²) in [5, 5.41) is 4.18. The smallest absolute Gasteiger partial charge is 0.124 e. The topological polar surface area (TPSA) is 21.3 Å². The van der Waals surface area contributed by atoms with E-state index >= 15 is 0 Å². The first-order valence-corrected chi connectivity index (χ1v) is 5.42. The van der Waals surface area contributed by atoms with E-state index in [9.17, 15) is 0 Å². The molecule has 0 bridgehead atoms. The third-order valence-electron chi connectivity index (χ3n) is 2.42. The van der Waals surface area contributed by atoms with Crippen LogP contribution in [-0.4, -0.2) is 12.5 Å². The quantitative estimate of drug-likeness (QED) is 0.723. The van der Waals surface area contributed by atoms with Crippen LogP contribution in [0.15, 0.2) is 12.1 Å². The Morgan fingerprint density at radius 1 is 1.57 bits per heavy atom. The molecule has 0 unspecified atom stereocenters. The van der Waals surface area contributed by atoms with Crippen LogP contribution in [0.1, 0.15) is 12.0 Å². The Bertz CT molecular complexity index is 356. The summed E-state index contributed by atoms with van der Waals surface area (Å²) < 4.78 is 5.28. The zero-order chi connectivity index (χ0) is 10.1. The maximum atomic E-state index is 6.08. The molecular formula is C10H12ClNOS. The lowest BCUT2D eigenvalue weighted by atomic mass is 10.0. The molecule has 0 amide bonds. The van der Waals surface area contributed by atoms with Crippen LogP contribution in [0.2, 0.25) is 5.02 Å². The number of halogens is 1. The number of rotatable bonds is 1. The molecule has 0 radical (unpaired) electrons. The van der Waals surface area contributed by atoms with Gasteiger partial charge in [-0.25, -0.2) is 0 Å². The molecule has 1 aliphatic rings. The van der Waals surface area contributed by atoms with Crippen molar-refractivity contribution in [2.24, 2.45) is 0 Å². The second kappa shape index (κ2) is 3.91. The van der Waals surface area contributed by atoms with Crippen LogP contribution in [0.25, 0.3) is 0 Å². The van der Waals surface area contributed by atoms with Gasteiger partial charge in [-0.15, -0.1) is 0 Å². The van der Waals surface area contributed by atoms with E-state index in [-0.39, 0.29) is 5.37 Å². The van der Waals surface area contributed by atoms with E-state index in [2.05, 4.69) is 17.9 Å². The molecule has 76 valence electrons. The highest BCUT2D eigenvalue weighted by molar-refractivity contribution is 7.81. The number of anilines is 1. The van der Waals surface area contributed by atoms with Gasteiger partial charge in [-0.3, -0.25) is 0 Å². The fourth-order valence-corrected chi connectivity index (χ4v) is 2.21. The lowest BCUT2D eigenvalue weighted by Crippen LogP contribution is -2.20. The third kappa shape index (κ3) is 1.66. The van der Waals surface area contributed by atoms with Gasteiger partial charge in [0.2, 0.25) is 0 Å². The molecule has 2 rings (SSSR count). The number of nitrogens with one attached hydrogen (secondary N) is 1. The van der Waals surface area contributed by atoms with E-state index in [1.807, 2.05) is 12.1 Å². The minimum absolute atomic E-state index is 0.187. The van der Waals surface area contributed by atoms with Crippen molar-refractivity contribution in [2.45, 2.75) is 18.2 Å². The monoisotopic (exact) mass is 229 g/mol. The summed E-state index contributed by atoms with van der Waals surface area (Å²) in [6.07, 6.45) is 1.95. The standard InChI is InChI=1S/C10H12ClNOS/c1-13-8-4-3-7(11)10-6(8)2-5-9(14)12-10/h3-4,9,12,14H,2,5H2,1H3/t9-/m1/s1. The van der Waals surface area contributed by atoms with Crippen molar-refractivity contribution < 1.29 is 4.74 Å². The molecule has 0 aromatic heterocycles. The van der Waals surface area contributed by atoms with Crippen molar-refractivity contribution in [3.63, 3.8) is 0 Å². The number of hydrogen-bond donors (Lipinski definition) is 2. The van der Waals surface area contributed by atoms with Crippen LogP contribution in [-0.2, 0) is 6.42 Å². The summed E-state index contributed by atoms with van der Waals surface area (Å²) in [5.74, 6) is 0.900. The van der Waals surface area contributed by atoms with E-state index in [0.717, 1.165) is 34.9 Å². The average molecular weight is 230 g/mol. The fraction of sp³-hybridized carbons (Fsp3) is 0.400. The van der Waals surface area contributed by atoms with E-state index in [4.69, 9.17) is 16.3 Å². The molecular weight excluding hydrogens is 218 g/mol. The van der Waals surface area contributed by atoms with E-state index in [1.165, 1.54) is 0 Å². The summed E-state index contributed by atoms with van der Waals surface area (Å²) in [6.45, 7) is 0. The molecule has 0 saturated carbocycles. The van der Waals surface area contributed by atoms with Gasteiger partial charge >= 0.3 is 0 Å². The summed E-state index contributed by atoms with van der Waals surface area (Å²) >= 11 is 10.5. The maximum Gasteiger partial charge on any atom is 0.124 e. The van der Waals surface area contributed by atoms with Crippen molar-refractivity contribution in [2.75, 3.05) is 12.4 Å². The van der Waals surface area contributed by atoms with Crippen LogP contribution in [0, 0.1) is 0 Å². The third-order valence-corrected chi connectivity index (χ3v) is 3.12.